The zero-order chi connectivity index (χ0) is 29.0. The van der Waals surface area contributed by atoms with Crippen LogP contribution in [0.5, 0.6) is 0 Å². The van der Waals surface area contributed by atoms with E-state index in [4.69, 9.17) is 22.3 Å². The highest BCUT2D eigenvalue weighted by Crippen LogP contribution is 2.46. The Morgan fingerprint density at radius 1 is 1.07 bits per heavy atom. The van der Waals surface area contributed by atoms with Gasteiger partial charge in [-0.2, -0.15) is 4.98 Å². The number of hydrogen-bond acceptors (Lipinski definition) is 8. The Morgan fingerprint density at radius 3 is 2.57 bits per heavy atom. The third-order valence-corrected chi connectivity index (χ3v) is 11.0. The number of likely N-dealkylation sites (tertiary alicyclic amines) is 1. The predicted molar refractivity (Wildman–Crippen MR) is 168 cm³/mol. The smallest absolute Gasteiger partial charge is 0.229 e. The van der Waals surface area contributed by atoms with Crippen molar-refractivity contribution >= 4 is 62.2 Å². The molecular weight excluding hydrogens is 573 g/mol. The van der Waals surface area contributed by atoms with Gasteiger partial charge >= 0.3 is 0 Å². The molecule has 0 radical (unpaired) electrons. The largest absolute Gasteiger partial charge is 0.369 e. The first-order valence-electron chi connectivity index (χ1n) is 15.1. The summed E-state index contributed by atoms with van der Waals surface area (Å²) in [5.41, 5.74) is 7.67. The van der Waals surface area contributed by atoms with Crippen LogP contribution in [0.25, 0.3) is 10.2 Å². The standard InChI is InChI=1S/C31H37ClFN7OS/c1-17-6-10-39(11-7-17)21-8-12-40(13-9-21)24-5-4-20(15-22(24)33)35-31-36-23-16-25(32)42-28(23)30(38-31)37-27-19-3-2-18(14-19)26(27)29(34)41/h2-5,15-19,21,26-27H,6-14H2,1H3,(H2,34,41)(H2,35,36,37,38)/t18?,19?,26-,27+/m0/s1. The fourth-order valence-corrected chi connectivity index (χ4v) is 8.57. The van der Waals surface area contributed by atoms with Crippen molar-refractivity contribution in [3.63, 3.8) is 0 Å². The molecule has 2 aliphatic heterocycles. The zero-order valence-electron chi connectivity index (χ0n) is 23.7. The van der Waals surface area contributed by atoms with Gasteiger partial charge in [-0.1, -0.05) is 30.7 Å². The fraction of sp³-hybridized carbons (Fsp3) is 0.516. The fourth-order valence-electron chi connectivity index (χ4n) is 7.46. The average molecular weight is 610 g/mol. The molecule has 0 spiro atoms. The summed E-state index contributed by atoms with van der Waals surface area (Å²) in [6, 6.07) is 7.48. The lowest BCUT2D eigenvalue weighted by Gasteiger charge is -2.42. The number of allylic oxidation sites excluding steroid dienone is 1. The number of primary amides is 1. The van der Waals surface area contributed by atoms with Crippen molar-refractivity contribution in [2.24, 2.45) is 29.4 Å². The highest BCUT2D eigenvalue weighted by atomic mass is 35.5. The van der Waals surface area contributed by atoms with Crippen molar-refractivity contribution in [1.29, 1.82) is 0 Å². The molecule has 1 saturated carbocycles. The first-order chi connectivity index (χ1) is 20.3. The molecule has 4 heterocycles. The maximum atomic E-state index is 15.4. The Bertz CT molecular complexity index is 1510. The van der Waals surface area contributed by atoms with E-state index in [-0.39, 0.29) is 35.5 Å². The van der Waals surface area contributed by atoms with Crippen LogP contribution in [0.1, 0.15) is 39.0 Å². The maximum Gasteiger partial charge on any atom is 0.229 e. The van der Waals surface area contributed by atoms with Gasteiger partial charge < -0.3 is 26.2 Å². The van der Waals surface area contributed by atoms with E-state index in [0.29, 0.717) is 39.0 Å². The molecule has 4 atom stereocenters. The van der Waals surface area contributed by atoms with Crippen LogP contribution in [-0.4, -0.2) is 59.0 Å². The molecule has 4 N–H and O–H groups in total. The summed E-state index contributed by atoms with van der Waals surface area (Å²) in [5.74, 6) is 1.24. The van der Waals surface area contributed by atoms with Gasteiger partial charge in [0.1, 0.15) is 11.6 Å². The van der Waals surface area contributed by atoms with Gasteiger partial charge in [-0.05, 0) is 87.2 Å². The van der Waals surface area contributed by atoms with E-state index in [9.17, 15) is 4.79 Å². The second-order valence-electron chi connectivity index (χ2n) is 12.4. The minimum Gasteiger partial charge on any atom is -0.369 e. The van der Waals surface area contributed by atoms with Gasteiger partial charge in [0, 0.05) is 30.9 Å². The van der Waals surface area contributed by atoms with Crippen molar-refractivity contribution < 1.29 is 9.18 Å². The van der Waals surface area contributed by atoms with Crippen molar-refractivity contribution in [3.8, 4) is 0 Å². The molecule has 42 heavy (non-hydrogen) atoms. The number of benzene rings is 1. The summed E-state index contributed by atoms with van der Waals surface area (Å²) in [6.07, 6.45) is 9.84. The highest BCUT2D eigenvalue weighted by molar-refractivity contribution is 7.23. The minimum absolute atomic E-state index is 0.146. The first-order valence-corrected chi connectivity index (χ1v) is 16.3. The van der Waals surface area contributed by atoms with Gasteiger partial charge in [0.05, 0.1) is 26.2 Å². The molecule has 222 valence electrons. The number of piperidine rings is 2. The number of carbonyl (C=O) groups is 1. The molecule has 2 unspecified atom stereocenters. The topological polar surface area (TPSA) is 99.4 Å². The van der Waals surface area contributed by atoms with Crippen LogP contribution in [-0.2, 0) is 4.79 Å². The van der Waals surface area contributed by atoms with Crippen molar-refractivity contribution in [3.05, 3.63) is 46.6 Å². The molecule has 2 aromatic heterocycles. The van der Waals surface area contributed by atoms with Crippen LogP contribution >= 0.6 is 22.9 Å². The lowest BCUT2D eigenvalue weighted by Crippen LogP contribution is -2.47. The third-order valence-electron chi connectivity index (χ3n) is 9.78. The molecule has 4 aliphatic rings. The summed E-state index contributed by atoms with van der Waals surface area (Å²) < 4.78 is 16.8. The number of nitrogens with one attached hydrogen (secondary N) is 2. The average Bonchev–Trinajstić information content (AvgIpc) is 3.68. The second-order valence-corrected chi connectivity index (χ2v) is 14.1. The Kier molecular flexibility index (Phi) is 7.48. The second kappa shape index (κ2) is 11.3. The molecule has 2 saturated heterocycles. The number of nitrogens with two attached hydrogens (primary N) is 1. The van der Waals surface area contributed by atoms with Gasteiger partial charge in [0.25, 0.3) is 0 Å². The monoisotopic (exact) mass is 609 g/mol. The molecule has 11 heteroatoms. The van der Waals surface area contributed by atoms with Crippen LogP contribution in [0, 0.1) is 29.5 Å². The van der Waals surface area contributed by atoms with Crippen molar-refractivity contribution in [2.75, 3.05) is 41.7 Å². The number of nitrogens with zero attached hydrogens (tertiary/aromatic N) is 4. The number of rotatable bonds is 7. The number of halogens is 2. The summed E-state index contributed by atoms with van der Waals surface area (Å²) >= 11 is 7.74. The van der Waals surface area contributed by atoms with E-state index in [1.165, 1.54) is 43.3 Å². The number of fused-ring (bicyclic) bond motifs is 3. The number of amides is 1. The van der Waals surface area contributed by atoms with Crippen molar-refractivity contribution in [2.45, 2.75) is 51.1 Å². The van der Waals surface area contributed by atoms with Gasteiger partial charge in [-0.25, -0.2) is 9.37 Å². The summed E-state index contributed by atoms with van der Waals surface area (Å²) in [7, 11) is 0. The number of thiophene rings is 1. The van der Waals surface area contributed by atoms with E-state index in [1.54, 1.807) is 6.07 Å². The lowest BCUT2D eigenvalue weighted by molar-refractivity contribution is -0.122. The highest BCUT2D eigenvalue weighted by Gasteiger charge is 2.47. The molecule has 3 aromatic rings. The molecule has 3 fully saturated rings. The van der Waals surface area contributed by atoms with E-state index >= 15 is 4.39 Å². The first kappa shape index (κ1) is 27.9. The van der Waals surface area contributed by atoms with Crippen LogP contribution in [0.3, 0.4) is 0 Å². The zero-order valence-corrected chi connectivity index (χ0v) is 25.3. The van der Waals surface area contributed by atoms with Crippen LogP contribution in [0.4, 0.5) is 27.5 Å². The number of aromatic nitrogens is 2. The molecule has 8 nitrogen and oxygen atoms in total. The molecule has 2 bridgehead atoms. The Labute approximate surface area is 254 Å². The molecule has 7 rings (SSSR count). The third kappa shape index (κ3) is 5.33. The normalized spacial score (nSPS) is 26.8. The predicted octanol–water partition coefficient (Wildman–Crippen LogP) is 6.02. The SMILES string of the molecule is CC1CCN(C2CCN(c3ccc(Nc4nc(N[C@@H]5C6C=CC(C6)[C@@H]5C(N)=O)c5sc(Cl)cc5n4)cc3F)CC2)CC1. The quantitative estimate of drug-likeness (QED) is 0.282. The minimum atomic E-state index is -0.307. The van der Waals surface area contributed by atoms with Gasteiger partial charge in [0.2, 0.25) is 11.9 Å². The van der Waals surface area contributed by atoms with Gasteiger partial charge in [-0.3, -0.25) is 4.79 Å². The summed E-state index contributed by atoms with van der Waals surface area (Å²) in [6.45, 7) is 6.44. The Morgan fingerprint density at radius 2 is 1.83 bits per heavy atom. The Balaban J connectivity index is 1.06. The van der Waals surface area contributed by atoms with Crippen LogP contribution < -0.4 is 21.3 Å². The van der Waals surface area contributed by atoms with E-state index < -0.39 is 0 Å². The summed E-state index contributed by atoms with van der Waals surface area (Å²) in [4.78, 5) is 26.5. The van der Waals surface area contributed by atoms with Crippen LogP contribution in [0.2, 0.25) is 4.34 Å². The molecular formula is C31H37ClFN7OS. The van der Waals surface area contributed by atoms with Gasteiger partial charge in [-0.15, -0.1) is 11.3 Å². The number of anilines is 4. The molecule has 1 aromatic carbocycles. The molecule has 1 amide bonds. The van der Waals surface area contributed by atoms with Crippen LogP contribution in [0.15, 0.2) is 36.4 Å². The number of hydrogen-bond donors (Lipinski definition) is 3. The van der Waals surface area contributed by atoms with Gasteiger partial charge in [0.15, 0.2) is 0 Å². The maximum absolute atomic E-state index is 15.4. The van der Waals surface area contributed by atoms with E-state index in [2.05, 4.69) is 44.5 Å². The lowest BCUT2D eigenvalue weighted by atomic mass is 9.88. The number of carbonyl (C=O) groups excluding carboxylic acids is 1. The Hall–Kier alpha value is -2.95. The summed E-state index contributed by atoms with van der Waals surface area (Å²) in [5, 5.41) is 6.70. The van der Waals surface area contributed by atoms with E-state index in [1.807, 2.05) is 12.1 Å². The van der Waals surface area contributed by atoms with Crippen molar-refractivity contribution in [1.82, 2.24) is 14.9 Å². The van der Waals surface area contributed by atoms with E-state index in [0.717, 1.165) is 43.0 Å². The molecule has 2 aliphatic carbocycles.